The summed E-state index contributed by atoms with van der Waals surface area (Å²) in [6.07, 6.45) is 0.998. The molecule has 0 saturated heterocycles. The summed E-state index contributed by atoms with van der Waals surface area (Å²) in [7, 11) is 0. The van der Waals surface area contributed by atoms with Crippen molar-refractivity contribution in [3.05, 3.63) is 25.3 Å². The van der Waals surface area contributed by atoms with Gasteiger partial charge < -0.3 is 19.7 Å². The molecule has 0 bridgehead atoms. The minimum absolute atomic E-state index is 0.0465. The Labute approximate surface area is 113 Å². The van der Waals surface area contributed by atoms with Crippen LogP contribution in [0.4, 0.5) is 0 Å². The summed E-state index contributed by atoms with van der Waals surface area (Å²) in [5.74, 6) is -1.11. The Morgan fingerprint density at radius 2 is 1.68 bits per heavy atom. The van der Waals surface area contributed by atoms with E-state index in [1.54, 1.807) is 20.8 Å². The molecule has 0 aromatic rings. The molecule has 0 rings (SSSR count). The van der Waals surface area contributed by atoms with Crippen LogP contribution >= 0.6 is 0 Å². The van der Waals surface area contributed by atoms with E-state index in [9.17, 15) is 14.7 Å². The van der Waals surface area contributed by atoms with Crippen molar-refractivity contribution >= 4 is 11.9 Å². The first-order chi connectivity index (χ1) is 8.68. The van der Waals surface area contributed by atoms with Crippen molar-refractivity contribution in [3.63, 3.8) is 0 Å². The number of aliphatic hydroxyl groups is 2. The third-order valence-electron chi connectivity index (χ3n) is 1.64. The Morgan fingerprint density at radius 1 is 1.21 bits per heavy atom. The summed E-state index contributed by atoms with van der Waals surface area (Å²) in [5.41, 5.74) is -0.446. The Balaban J connectivity index is 0. The highest BCUT2D eigenvalue weighted by Gasteiger charge is 2.24. The first-order valence-electron chi connectivity index (χ1n) is 5.60. The molecule has 0 radical (unpaired) electrons. The molecule has 0 aliphatic carbocycles. The van der Waals surface area contributed by atoms with Crippen molar-refractivity contribution in [2.24, 2.45) is 5.41 Å². The van der Waals surface area contributed by atoms with Crippen LogP contribution in [0.1, 0.15) is 20.8 Å². The van der Waals surface area contributed by atoms with Gasteiger partial charge in [-0.15, -0.1) is 0 Å². The van der Waals surface area contributed by atoms with E-state index in [-0.39, 0.29) is 13.2 Å². The van der Waals surface area contributed by atoms with Crippen LogP contribution in [-0.2, 0) is 19.1 Å². The minimum Gasteiger partial charge on any atom is -0.460 e. The van der Waals surface area contributed by atoms with Gasteiger partial charge in [0.05, 0.1) is 6.61 Å². The number of rotatable bonds is 5. The van der Waals surface area contributed by atoms with Gasteiger partial charge in [0.1, 0.15) is 6.61 Å². The van der Waals surface area contributed by atoms with E-state index in [0.29, 0.717) is 0 Å². The van der Waals surface area contributed by atoms with Crippen LogP contribution in [0.3, 0.4) is 0 Å². The minimum atomic E-state index is -1.08. The van der Waals surface area contributed by atoms with Gasteiger partial charge in [0.25, 0.3) is 0 Å². The molecular weight excluding hydrogens is 252 g/mol. The molecule has 0 aromatic carbocycles. The smallest absolute Gasteiger partial charge is 0.332 e. The van der Waals surface area contributed by atoms with Gasteiger partial charge in [0.2, 0.25) is 6.29 Å². The molecule has 0 fully saturated rings. The Hall–Kier alpha value is -1.66. The van der Waals surface area contributed by atoms with Crippen molar-refractivity contribution in [3.8, 4) is 0 Å². The normalized spacial score (nSPS) is 11.4. The molecule has 0 heterocycles. The molecule has 19 heavy (non-hydrogen) atoms. The molecule has 0 aliphatic rings. The summed E-state index contributed by atoms with van der Waals surface area (Å²) in [5, 5.41) is 17.3. The van der Waals surface area contributed by atoms with E-state index in [4.69, 9.17) is 5.11 Å². The van der Waals surface area contributed by atoms with E-state index in [1.165, 1.54) is 0 Å². The van der Waals surface area contributed by atoms with Crippen molar-refractivity contribution < 1.29 is 29.3 Å². The Bertz CT molecular complexity index is 303. The fourth-order valence-electron chi connectivity index (χ4n) is 0.540. The Morgan fingerprint density at radius 3 is 2.00 bits per heavy atom. The van der Waals surface area contributed by atoms with Gasteiger partial charge >= 0.3 is 11.9 Å². The summed E-state index contributed by atoms with van der Waals surface area (Å²) < 4.78 is 8.90. The average molecular weight is 274 g/mol. The van der Waals surface area contributed by atoms with Crippen LogP contribution in [0.5, 0.6) is 0 Å². The number of carbonyl (C=O) groups is 2. The van der Waals surface area contributed by atoms with Crippen LogP contribution in [0.15, 0.2) is 25.3 Å². The number of esters is 2. The summed E-state index contributed by atoms with van der Waals surface area (Å²) in [4.78, 5) is 20.7. The zero-order chi connectivity index (χ0) is 15.5. The van der Waals surface area contributed by atoms with Gasteiger partial charge in [-0.05, 0) is 0 Å². The summed E-state index contributed by atoms with van der Waals surface area (Å²) in [6.45, 7) is 11.6. The molecule has 6 heteroatoms. The number of carbonyl (C=O) groups excluding carboxylic acids is 2. The highest BCUT2D eigenvalue weighted by Crippen LogP contribution is 2.19. The zero-order valence-corrected chi connectivity index (χ0v) is 11.6. The van der Waals surface area contributed by atoms with Crippen LogP contribution in [0.2, 0.25) is 0 Å². The quantitative estimate of drug-likeness (QED) is 0.437. The highest BCUT2D eigenvalue weighted by atomic mass is 16.6. The molecule has 0 amide bonds. The highest BCUT2D eigenvalue weighted by molar-refractivity contribution is 5.81. The second kappa shape index (κ2) is 10.3. The molecule has 2 N–H and O–H groups in total. The lowest BCUT2D eigenvalue weighted by molar-refractivity contribution is -0.180. The first-order valence-corrected chi connectivity index (χ1v) is 5.60. The monoisotopic (exact) mass is 274 g/mol. The molecule has 110 valence electrons. The maximum absolute atomic E-state index is 10.6. The maximum Gasteiger partial charge on any atom is 0.332 e. The molecule has 0 aromatic heterocycles. The molecular formula is C13H22O6. The van der Waals surface area contributed by atoms with Gasteiger partial charge in [0.15, 0.2) is 0 Å². The number of aliphatic hydroxyl groups excluding tert-OH is 2. The van der Waals surface area contributed by atoms with Gasteiger partial charge in [-0.2, -0.15) is 0 Å². The second-order valence-electron chi connectivity index (χ2n) is 4.45. The van der Waals surface area contributed by atoms with Crippen LogP contribution in [-0.4, -0.2) is 41.7 Å². The average Bonchev–Trinajstić information content (AvgIpc) is 2.35. The lowest BCUT2D eigenvalue weighted by atomic mass is 9.96. The Kier molecular flexibility index (Phi) is 10.6. The SMILES string of the molecule is C=CC(=O)OC(O)C(C)(C)C.C=CC(=O)OCCO. The third kappa shape index (κ3) is 12.6. The largest absolute Gasteiger partial charge is 0.460 e. The van der Waals surface area contributed by atoms with Crippen molar-refractivity contribution in [2.75, 3.05) is 13.2 Å². The molecule has 1 unspecified atom stereocenters. The van der Waals surface area contributed by atoms with E-state index in [0.717, 1.165) is 12.2 Å². The van der Waals surface area contributed by atoms with E-state index in [1.807, 2.05) is 0 Å². The van der Waals surface area contributed by atoms with Crippen molar-refractivity contribution in [2.45, 2.75) is 27.1 Å². The number of hydrogen-bond acceptors (Lipinski definition) is 6. The molecule has 0 saturated carbocycles. The topological polar surface area (TPSA) is 93.1 Å². The van der Waals surface area contributed by atoms with Crippen molar-refractivity contribution in [1.29, 1.82) is 0 Å². The van der Waals surface area contributed by atoms with Gasteiger partial charge in [-0.25, -0.2) is 9.59 Å². The molecule has 0 spiro atoms. The molecule has 1 atom stereocenters. The fourth-order valence-corrected chi connectivity index (χ4v) is 0.540. The predicted octanol–water partition coefficient (Wildman–Crippen LogP) is 0.788. The number of hydrogen-bond donors (Lipinski definition) is 2. The predicted molar refractivity (Wildman–Crippen MR) is 70.0 cm³/mol. The second-order valence-corrected chi connectivity index (χ2v) is 4.45. The van der Waals surface area contributed by atoms with Gasteiger partial charge in [-0.3, -0.25) is 0 Å². The van der Waals surface area contributed by atoms with Gasteiger partial charge in [-0.1, -0.05) is 33.9 Å². The summed E-state index contributed by atoms with van der Waals surface area (Å²) >= 11 is 0. The van der Waals surface area contributed by atoms with Crippen LogP contribution in [0.25, 0.3) is 0 Å². The first kappa shape index (κ1) is 19.7. The maximum atomic E-state index is 10.6. The van der Waals surface area contributed by atoms with Gasteiger partial charge in [0, 0.05) is 17.6 Å². The van der Waals surface area contributed by atoms with E-state index < -0.39 is 23.6 Å². The van der Waals surface area contributed by atoms with Crippen LogP contribution < -0.4 is 0 Å². The lowest BCUT2D eigenvalue weighted by Crippen LogP contribution is -2.30. The van der Waals surface area contributed by atoms with E-state index >= 15 is 0 Å². The summed E-state index contributed by atoms with van der Waals surface area (Å²) in [6, 6.07) is 0. The molecule has 6 nitrogen and oxygen atoms in total. The van der Waals surface area contributed by atoms with E-state index in [2.05, 4.69) is 22.6 Å². The number of ether oxygens (including phenoxy) is 2. The van der Waals surface area contributed by atoms with Crippen LogP contribution in [0, 0.1) is 5.41 Å². The standard InChI is InChI=1S/C8H14O3.C5H8O3/c1-5-6(9)11-7(10)8(2,3)4;1-2-5(7)8-4-3-6/h5,7,10H,1H2,2-4H3;2,6H,1,3-4H2. The fraction of sp³-hybridized carbons (Fsp3) is 0.538. The molecule has 0 aliphatic heterocycles. The lowest BCUT2D eigenvalue weighted by Gasteiger charge is -2.24. The zero-order valence-electron chi connectivity index (χ0n) is 11.6. The third-order valence-corrected chi connectivity index (χ3v) is 1.64. The van der Waals surface area contributed by atoms with Crippen molar-refractivity contribution in [1.82, 2.24) is 0 Å².